The number of alkyl halides is 3. The lowest BCUT2D eigenvalue weighted by molar-refractivity contribution is -0.137. The predicted octanol–water partition coefficient (Wildman–Crippen LogP) is 5.33. The van der Waals surface area contributed by atoms with Crippen LogP contribution >= 0.6 is 0 Å². The highest BCUT2D eigenvalue weighted by Gasteiger charge is 2.31. The van der Waals surface area contributed by atoms with Crippen LogP contribution in [0.1, 0.15) is 71.8 Å². The molecule has 0 aliphatic carbocycles. The molecule has 4 rings (SSSR count). The summed E-state index contributed by atoms with van der Waals surface area (Å²) in [4.78, 5) is 19.5. The number of halogens is 3. The van der Waals surface area contributed by atoms with Crippen molar-refractivity contribution in [1.29, 1.82) is 0 Å². The van der Waals surface area contributed by atoms with E-state index >= 15 is 0 Å². The van der Waals surface area contributed by atoms with Gasteiger partial charge in [-0.15, -0.1) is 0 Å². The molecule has 9 heteroatoms. The molecule has 1 aromatic carbocycles. The second-order valence-electron chi connectivity index (χ2n) is 9.20. The van der Waals surface area contributed by atoms with Crippen molar-refractivity contribution in [3.63, 3.8) is 0 Å². The van der Waals surface area contributed by atoms with Gasteiger partial charge in [0.1, 0.15) is 0 Å². The first-order valence-electron chi connectivity index (χ1n) is 11.9. The monoisotopic (exact) mass is 485 g/mol. The van der Waals surface area contributed by atoms with Crippen LogP contribution in [0.4, 0.5) is 13.2 Å². The number of aromatic nitrogens is 3. The predicted molar refractivity (Wildman–Crippen MR) is 127 cm³/mol. The summed E-state index contributed by atoms with van der Waals surface area (Å²) in [6.07, 6.45) is 1.47. The van der Waals surface area contributed by atoms with E-state index in [-0.39, 0.29) is 17.6 Å². The third kappa shape index (κ3) is 5.90. The van der Waals surface area contributed by atoms with Gasteiger partial charge in [-0.05, 0) is 55.1 Å². The number of amides is 1. The van der Waals surface area contributed by atoms with Crippen LogP contribution in [0, 0.1) is 0 Å². The van der Waals surface area contributed by atoms with Crippen molar-refractivity contribution in [2.75, 3.05) is 13.1 Å². The van der Waals surface area contributed by atoms with Crippen molar-refractivity contribution in [2.24, 2.45) is 0 Å². The molecule has 0 spiro atoms. The van der Waals surface area contributed by atoms with Gasteiger partial charge < -0.3 is 5.32 Å². The number of pyridine rings is 1. The minimum absolute atomic E-state index is 0.103. The molecule has 1 fully saturated rings. The lowest BCUT2D eigenvalue weighted by Crippen LogP contribution is -2.30. The second kappa shape index (κ2) is 10.6. The lowest BCUT2D eigenvalue weighted by atomic mass is 10.0. The summed E-state index contributed by atoms with van der Waals surface area (Å²) in [5.74, 6) is -0.152. The zero-order valence-corrected chi connectivity index (χ0v) is 20.0. The summed E-state index contributed by atoms with van der Waals surface area (Å²) in [5.41, 5.74) is 2.41. The maximum atomic E-state index is 13.1. The zero-order valence-electron chi connectivity index (χ0n) is 20.0. The van der Waals surface area contributed by atoms with Gasteiger partial charge in [-0.25, -0.2) is 9.67 Å². The Morgan fingerprint density at radius 3 is 2.37 bits per heavy atom. The Morgan fingerprint density at radius 1 is 1.03 bits per heavy atom. The molecule has 186 valence electrons. The summed E-state index contributed by atoms with van der Waals surface area (Å²) in [5, 5.41) is 7.28. The molecule has 35 heavy (non-hydrogen) atoms. The van der Waals surface area contributed by atoms with Crippen LogP contribution in [0.25, 0.3) is 5.82 Å². The fourth-order valence-electron chi connectivity index (χ4n) is 4.46. The van der Waals surface area contributed by atoms with Gasteiger partial charge in [0.05, 0.1) is 23.0 Å². The van der Waals surface area contributed by atoms with Crippen LogP contribution in [0.15, 0.2) is 48.8 Å². The van der Waals surface area contributed by atoms with Gasteiger partial charge in [-0.1, -0.05) is 44.5 Å². The van der Waals surface area contributed by atoms with Crippen molar-refractivity contribution in [1.82, 2.24) is 25.0 Å². The fourth-order valence-corrected chi connectivity index (χ4v) is 4.46. The van der Waals surface area contributed by atoms with E-state index in [0.717, 1.165) is 37.5 Å². The first-order valence-corrected chi connectivity index (χ1v) is 11.9. The van der Waals surface area contributed by atoms with Crippen LogP contribution < -0.4 is 5.32 Å². The van der Waals surface area contributed by atoms with Crippen molar-refractivity contribution in [2.45, 2.75) is 58.3 Å². The van der Waals surface area contributed by atoms with E-state index in [1.807, 2.05) is 32.0 Å². The van der Waals surface area contributed by atoms with E-state index in [2.05, 4.69) is 26.4 Å². The number of hydrogen-bond acceptors (Lipinski definition) is 4. The van der Waals surface area contributed by atoms with E-state index in [1.165, 1.54) is 41.8 Å². The molecule has 0 bridgehead atoms. The Hall–Kier alpha value is -3.20. The van der Waals surface area contributed by atoms with Gasteiger partial charge >= 0.3 is 6.18 Å². The zero-order chi connectivity index (χ0) is 25.0. The average molecular weight is 486 g/mol. The smallest absolute Gasteiger partial charge is 0.348 e. The van der Waals surface area contributed by atoms with Gasteiger partial charge in [0, 0.05) is 19.3 Å². The van der Waals surface area contributed by atoms with Crippen molar-refractivity contribution in [3.8, 4) is 5.82 Å². The number of carbonyl (C=O) groups excluding carboxylic acids is 1. The Labute approximate surface area is 203 Å². The molecular weight excluding hydrogens is 455 g/mol. The van der Waals surface area contributed by atoms with Crippen LogP contribution in [-0.2, 0) is 19.3 Å². The topological polar surface area (TPSA) is 63.1 Å². The molecule has 0 saturated carbocycles. The van der Waals surface area contributed by atoms with E-state index in [4.69, 9.17) is 0 Å². The van der Waals surface area contributed by atoms with Gasteiger partial charge in [0.25, 0.3) is 5.91 Å². The molecule has 1 aliphatic rings. The molecule has 0 unspecified atom stereocenters. The van der Waals surface area contributed by atoms with Crippen LogP contribution in [0.3, 0.4) is 0 Å². The summed E-state index contributed by atoms with van der Waals surface area (Å²) < 4.78 is 40.2. The number of nitrogens with zero attached hydrogens (tertiary/aromatic N) is 4. The Bertz CT molecular complexity index is 1150. The van der Waals surface area contributed by atoms with Crippen LogP contribution in [0.5, 0.6) is 0 Å². The van der Waals surface area contributed by atoms with Crippen molar-refractivity contribution < 1.29 is 18.0 Å². The van der Waals surface area contributed by atoms with E-state index in [0.29, 0.717) is 17.8 Å². The Kier molecular flexibility index (Phi) is 7.54. The maximum Gasteiger partial charge on any atom is 0.417 e. The van der Waals surface area contributed by atoms with Gasteiger partial charge in [-0.2, -0.15) is 18.3 Å². The summed E-state index contributed by atoms with van der Waals surface area (Å²) in [6, 6.07) is 10.3. The number of nitrogens with one attached hydrogen (secondary N) is 1. The van der Waals surface area contributed by atoms with Gasteiger partial charge in [0.2, 0.25) is 0 Å². The van der Waals surface area contributed by atoms with Gasteiger partial charge in [-0.3, -0.25) is 9.69 Å². The maximum absolute atomic E-state index is 13.1. The van der Waals surface area contributed by atoms with Crippen LogP contribution in [-0.4, -0.2) is 38.7 Å². The molecule has 1 saturated heterocycles. The highest BCUT2D eigenvalue weighted by atomic mass is 19.4. The first kappa shape index (κ1) is 24.9. The molecule has 0 radical (unpaired) electrons. The lowest BCUT2D eigenvalue weighted by Gasteiger charge is -2.27. The largest absolute Gasteiger partial charge is 0.417 e. The van der Waals surface area contributed by atoms with Crippen LogP contribution in [0.2, 0.25) is 0 Å². The molecule has 1 aliphatic heterocycles. The summed E-state index contributed by atoms with van der Waals surface area (Å²) in [6.45, 7) is 7.24. The molecule has 6 nitrogen and oxygen atoms in total. The molecule has 2 aromatic heterocycles. The van der Waals surface area contributed by atoms with Crippen molar-refractivity contribution in [3.05, 3.63) is 76.7 Å². The molecule has 3 aromatic rings. The number of piperidine rings is 1. The number of carbonyl (C=O) groups is 1. The fraction of sp³-hybridized carbons (Fsp3) is 0.423. The number of rotatable bonds is 7. The summed E-state index contributed by atoms with van der Waals surface area (Å²) >= 11 is 0. The number of benzene rings is 1. The minimum atomic E-state index is -4.47. The highest BCUT2D eigenvalue weighted by molar-refractivity contribution is 5.95. The SMILES string of the molecule is CC(C)c1c(C(=O)NCc2ccccc2CN2CCCCC2)cnn1-c1ccc(C(F)(F)F)cn1. The van der Waals surface area contributed by atoms with E-state index in [1.54, 1.807) is 0 Å². The van der Waals surface area contributed by atoms with E-state index < -0.39 is 11.7 Å². The summed E-state index contributed by atoms with van der Waals surface area (Å²) in [7, 11) is 0. The van der Waals surface area contributed by atoms with Crippen molar-refractivity contribution >= 4 is 5.91 Å². The first-order chi connectivity index (χ1) is 16.7. The molecule has 3 heterocycles. The number of hydrogen-bond donors (Lipinski definition) is 1. The third-order valence-electron chi connectivity index (χ3n) is 6.29. The second-order valence-corrected chi connectivity index (χ2v) is 9.20. The Morgan fingerprint density at radius 2 is 1.74 bits per heavy atom. The van der Waals surface area contributed by atoms with E-state index in [9.17, 15) is 18.0 Å². The quantitative estimate of drug-likeness (QED) is 0.492. The minimum Gasteiger partial charge on any atom is -0.348 e. The molecule has 1 amide bonds. The normalized spacial score (nSPS) is 14.9. The molecule has 1 N–H and O–H groups in total. The molecule has 0 atom stereocenters. The standard InChI is InChI=1S/C26H30F3N5O/c1-18(2)24-22(16-32-34(24)23-11-10-21(15-30-23)26(27,28)29)25(35)31-14-19-8-4-5-9-20(19)17-33-12-6-3-7-13-33/h4-5,8-11,15-16,18H,3,6-7,12-14,17H2,1-2H3,(H,31,35). The highest BCUT2D eigenvalue weighted by Crippen LogP contribution is 2.29. The molecular formula is C26H30F3N5O. The number of likely N-dealkylation sites (tertiary alicyclic amines) is 1. The Balaban J connectivity index is 1.50. The third-order valence-corrected chi connectivity index (χ3v) is 6.29. The average Bonchev–Trinajstić information content (AvgIpc) is 3.29. The van der Waals surface area contributed by atoms with Gasteiger partial charge in [0.15, 0.2) is 5.82 Å².